The third-order valence-electron chi connectivity index (χ3n) is 5.51. The monoisotopic (exact) mass is 354 g/mol. The number of carbonyl (C=O) groups is 1. The van der Waals surface area contributed by atoms with Crippen molar-refractivity contribution < 1.29 is 9.53 Å². The number of hydrogen-bond donors (Lipinski definition) is 0. The number of aryl methyl sites for hydroxylation is 2. The average molecular weight is 354 g/mol. The van der Waals surface area contributed by atoms with Crippen molar-refractivity contribution in [2.75, 3.05) is 32.8 Å². The van der Waals surface area contributed by atoms with Gasteiger partial charge in [0.25, 0.3) is 0 Å². The van der Waals surface area contributed by atoms with Gasteiger partial charge in [-0.1, -0.05) is 30.3 Å². The molecule has 1 aromatic carbocycles. The van der Waals surface area contributed by atoms with Gasteiger partial charge in [-0.3, -0.25) is 14.4 Å². The summed E-state index contributed by atoms with van der Waals surface area (Å²) < 4.78 is 7.65. The van der Waals surface area contributed by atoms with Crippen molar-refractivity contribution in [1.29, 1.82) is 0 Å². The normalized spacial score (nSPS) is 23.7. The Morgan fingerprint density at radius 3 is 2.77 bits per heavy atom. The molecule has 4 rings (SSSR count). The number of rotatable bonds is 3. The molecule has 1 amide bonds. The largest absolute Gasteiger partial charge is 0.378 e. The Balaban J connectivity index is 1.43. The smallest absolute Gasteiger partial charge is 0.227 e. The highest BCUT2D eigenvalue weighted by Gasteiger charge is 2.37. The van der Waals surface area contributed by atoms with E-state index in [2.05, 4.69) is 34.3 Å². The Morgan fingerprint density at radius 1 is 1.23 bits per heavy atom. The second-order valence-electron chi connectivity index (χ2n) is 7.29. The molecule has 0 spiro atoms. The van der Waals surface area contributed by atoms with Crippen LogP contribution in [-0.4, -0.2) is 64.4 Å². The quantitative estimate of drug-likeness (QED) is 0.839. The van der Waals surface area contributed by atoms with Gasteiger partial charge in [0.1, 0.15) is 0 Å². The average Bonchev–Trinajstić information content (AvgIpc) is 2.98. The summed E-state index contributed by atoms with van der Waals surface area (Å²) in [5.74, 6) is 0.183. The maximum absolute atomic E-state index is 12.8. The summed E-state index contributed by atoms with van der Waals surface area (Å²) >= 11 is 0. The highest BCUT2D eigenvalue weighted by molar-refractivity contribution is 5.79. The molecular weight excluding hydrogens is 328 g/mol. The number of fused-ring (bicyclic) bond motifs is 1. The minimum Gasteiger partial charge on any atom is -0.378 e. The zero-order chi connectivity index (χ0) is 18.1. The molecule has 0 N–H and O–H groups in total. The fraction of sp³-hybridized carbons (Fsp3) is 0.500. The van der Waals surface area contributed by atoms with Gasteiger partial charge in [-0.15, -0.1) is 0 Å². The molecule has 2 aromatic rings. The summed E-state index contributed by atoms with van der Waals surface area (Å²) in [5.41, 5.74) is 3.24. The number of piperazine rings is 1. The van der Waals surface area contributed by atoms with Crippen molar-refractivity contribution in [2.24, 2.45) is 7.05 Å². The summed E-state index contributed by atoms with van der Waals surface area (Å²) in [6.45, 7) is 5.78. The molecule has 6 nitrogen and oxygen atoms in total. The van der Waals surface area contributed by atoms with Gasteiger partial charge in [-0.25, -0.2) is 0 Å². The number of amides is 1. The molecule has 2 aliphatic heterocycles. The van der Waals surface area contributed by atoms with Crippen LogP contribution in [0.25, 0.3) is 0 Å². The van der Waals surface area contributed by atoms with Gasteiger partial charge >= 0.3 is 0 Å². The van der Waals surface area contributed by atoms with Crippen LogP contribution in [0.15, 0.2) is 36.5 Å². The lowest BCUT2D eigenvalue weighted by Gasteiger charge is -2.48. The predicted octanol–water partition coefficient (Wildman–Crippen LogP) is 1.56. The minimum atomic E-state index is 0.183. The van der Waals surface area contributed by atoms with Crippen LogP contribution in [0, 0.1) is 6.92 Å². The molecule has 0 bridgehead atoms. The lowest BCUT2D eigenvalue weighted by atomic mass is 10.00. The number of nitrogens with zero attached hydrogens (tertiary/aromatic N) is 4. The van der Waals surface area contributed by atoms with Crippen LogP contribution in [0.2, 0.25) is 0 Å². The van der Waals surface area contributed by atoms with Crippen LogP contribution in [0.3, 0.4) is 0 Å². The molecule has 0 saturated carbocycles. The minimum absolute atomic E-state index is 0.183. The Hall–Kier alpha value is -2.18. The molecule has 3 heterocycles. The molecule has 6 heteroatoms. The van der Waals surface area contributed by atoms with Crippen molar-refractivity contribution in [1.82, 2.24) is 19.6 Å². The lowest BCUT2D eigenvalue weighted by molar-refractivity contribution is -0.139. The second-order valence-corrected chi connectivity index (χ2v) is 7.29. The predicted molar refractivity (Wildman–Crippen MR) is 98.7 cm³/mol. The van der Waals surface area contributed by atoms with E-state index >= 15 is 0 Å². The Bertz CT molecular complexity index is 773. The van der Waals surface area contributed by atoms with E-state index in [9.17, 15) is 4.79 Å². The Morgan fingerprint density at radius 2 is 2.04 bits per heavy atom. The zero-order valence-corrected chi connectivity index (χ0v) is 15.5. The number of carbonyl (C=O) groups excluding carboxylic acids is 1. The van der Waals surface area contributed by atoms with Crippen molar-refractivity contribution in [3.8, 4) is 0 Å². The topological polar surface area (TPSA) is 50.6 Å². The number of hydrogen-bond acceptors (Lipinski definition) is 4. The molecule has 138 valence electrons. The number of ether oxygens (including phenoxy) is 1. The van der Waals surface area contributed by atoms with Gasteiger partial charge in [-0.05, 0) is 12.5 Å². The van der Waals surface area contributed by atoms with Crippen LogP contribution in [-0.2, 0) is 23.0 Å². The first-order valence-corrected chi connectivity index (χ1v) is 9.27. The van der Waals surface area contributed by atoms with E-state index in [-0.39, 0.29) is 18.0 Å². The maximum atomic E-state index is 12.8. The molecule has 2 fully saturated rings. The van der Waals surface area contributed by atoms with E-state index in [0.29, 0.717) is 13.0 Å². The van der Waals surface area contributed by atoms with Gasteiger partial charge in [-0.2, -0.15) is 5.10 Å². The molecule has 0 radical (unpaired) electrons. The molecule has 2 aliphatic rings. The van der Waals surface area contributed by atoms with E-state index in [1.165, 1.54) is 5.56 Å². The van der Waals surface area contributed by atoms with Crippen molar-refractivity contribution in [2.45, 2.75) is 25.4 Å². The molecule has 0 aliphatic carbocycles. The second kappa shape index (κ2) is 7.21. The molecule has 2 atom stereocenters. The van der Waals surface area contributed by atoms with E-state index in [1.54, 1.807) is 4.68 Å². The number of aromatic nitrogens is 2. The fourth-order valence-electron chi connectivity index (χ4n) is 4.13. The highest BCUT2D eigenvalue weighted by Crippen LogP contribution is 2.29. The van der Waals surface area contributed by atoms with Crippen molar-refractivity contribution in [3.63, 3.8) is 0 Å². The van der Waals surface area contributed by atoms with Crippen LogP contribution in [0.4, 0.5) is 0 Å². The van der Waals surface area contributed by atoms with Gasteiger partial charge in [0.05, 0.1) is 37.4 Å². The fourth-order valence-corrected chi connectivity index (χ4v) is 4.13. The zero-order valence-electron chi connectivity index (χ0n) is 15.5. The number of morpholine rings is 1. The first-order valence-electron chi connectivity index (χ1n) is 9.27. The number of benzene rings is 1. The molecule has 26 heavy (non-hydrogen) atoms. The van der Waals surface area contributed by atoms with Gasteiger partial charge in [0, 0.05) is 38.4 Å². The summed E-state index contributed by atoms with van der Waals surface area (Å²) in [6.07, 6.45) is 2.37. The molecular formula is C20H26N4O2. The third kappa shape index (κ3) is 3.39. The summed E-state index contributed by atoms with van der Waals surface area (Å²) in [5, 5.41) is 4.34. The molecule has 2 saturated heterocycles. The maximum Gasteiger partial charge on any atom is 0.227 e. The van der Waals surface area contributed by atoms with E-state index < -0.39 is 0 Å². The van der Waals surface area contributed by atoms with Gasteiger partial charge in [0.2, 0.25) is 5.91 Å². The summed E-state index contributed by atoms with van der Waals surface area (Å²) in [7, 11) is 1.89. The van der Waals surface area contributed by atoms with Crippen molar-refractivity contribution >= 4 is 5.91 Å². The summed E-state index contributed by atoms with van der Waals surface area (Å²) in [6, 6.07) is 11.1. The molecule has 0 unspecified atom stereocenters. The molecule has 1 aromatic heterocycles. The van der Waals surface area contributed by atoms with E-state index in [1.807, 2.05) is 31.1 Å². The van der Waals surface area contributed by atoms with Crippen LogP contribution < -0.4 is 0 Å². The SMILES string of the molecule is Cc1nn(C)cc1CC(=O)N1CCN2[C@@H](COC[C@@H]2c2ccccc2)C1. The highest BCUT2D eigenvalue weighted by atomic mass is 16.5. The van der Waals surface area contributed by atoms with Gasteiger partial charge < -0.3 is 9.64 Å². The Labute approximate surface area is 154 Å². The first-order chi connectivity index (χ1) is 12.6. The standard InChI is InChI=1S/C20H26N4O2/c1-15-17(11-22(2)21-15)10-20(25)23-8-9-24-18(12-23)13-26-14-19(24)16-6-4-3-5-7-16/h3-7,11,18-19H,8-10,12-14H2,1-2H3/t18-,19-/m1/s1. The van der Waals surface area contributed by atoms with Crippen LogP contribution >= 0.6 is 0 Å². The summed E-state index contributed by atoms with van der Waals surface area (Å²) in [4.78, 5) is 17.3. The lowest BCUT2D eigenvalue weighted by Crippen LogP contribution is -2.60. The van der Waals surface area contributed by atoms with E-state index in [0.717, 1.165) is 37.5 Å². The van der Waals surface area contributed by atoms with Gasteiger partial charge in [0.15, 0.2) is 0 Å². The first kappa shape index (κ1) is 17.2. The van der Waals surface area contributed by atoms with Crippen LogP contribution in [0.1, 0.15) is 22.9 Å². The van der Waals surface area contributed by atoms with Crippen LogP contribution in [0.5, 0.6) is 0 Å². The third-order valence-corrected chi connectivity index (χ3v) is 5.51. The Kier molecular flexibility index (Phi) is 4.78. The van der Waals surface area contributed by atoms with E-state index in [4.69, 9.17) is 4.74 Å². The van der Waals surface area contributed by atoms with Crippen molar-refractivity contribution in [3.05, 3.63) is 53.3 Å².